The van der Waals surface area contributed by atoms with Crippen molar-refractivity contribution in [3.05, 3.63) is 65.0 Å². The van der Waals surface area contributed by atoms with Gasteiger partial charge in [0.25, 0.3) is 0 Å². The second kappa shape index (κ2) is 5.85. The van der Waals surface area contributed by atoms with Crippen LogP contribution in [0.4, 0.5) is 4.39 Å². The number of methoxy groups -OCH3 is 1. The average Bonchev–Trinajstić information content (AvgIpc) is 2.40. The fourth-order valence-electron chi connectivity index (χ4n) is 2.23. The molecule has 0 aliphatic rings. The molecule has 2 aromatic carbocycles. The van der Waals surface area contributed by atoms with Crippen LogP contribution in [0.25, 0.3) is 0 Å². The van der Waals surface area contributed by atoms with Crippen molar-refractivity contribution in [2.75, 3.05) is 7.11 Å². The molecule has 2 nitrogen and oxygen atoms in total. The van der Waals surface area contributed by atoms with Gasteiger partial charge in [-0.3, -0.25) is 0 Å². The van der Waals surface area contributed by atoms with Crippen molar-refractivity contribution in [2.45, 2.75) is 19.4 Å². The van der Waals surface area contributed by atoms with Gasteiger partial charge in [0.2, 0.25) is 0 Å². The zero-order valence-electron chi connectivity index (χ0n) is 11.2. The molecule has 0 bridgehead atoms. The number of rotatable bonds is 4. The van der Waals surface area contributed by atoms with Crippen molar-refractivity contribution in [3.8, 4) is 5.75 Å². The number of halogens is 1. The lowest BCUT2D eigenvalue weighted by molar-refractivity contribution is 0.398. The van der Waals surface area contributed by atoms with Gasteiger partial charge in [-0.25, -0.2) is 4.39 Å². The van der Waals surface area contributed by atoms with Crippen molar-refractivity contribution in [1.29, 1.82) is 0 Å². The van der Waals surface area contributed by atoms with Crippen molar-refractivity contribution in [1.82, 2.24) is 0 Å². The molecule has 0 saturated heterocycles. The molecule has 19 heavy (non-hydrogen) atoms. The molecule has 0 aliphatic carbocycles. The van der Waals surface area contributed by atoms with Gasteiger partial charge in [-0.1, -0.05) is 30.3 Å². The molecule has 1 atom stereocenters. The van der Waals surface area contributed by atoms with Gasteiger partial charge in [0.15, 0.2) is 0 Å². The van der Waals surface area contributed by atoms with Gasteiger partial charge in [-0.15, -0.1) is 0 Å². The maximum Gasteiger partial charge on any atom is 0.131 e. The Morgan fingerprint density at radius 1 is 1.16 bits per heavy atom. The van der Waals surface area contributed by atoms with Gasteiger partial charge in [-0.2, -0.15) is 0 Å². The van der Waals surface area contributed by atoms with Crippen LogP contribution in [0, 0.1) is 12.7 Å². The molecule has 0 saturated carbocycles. The molecule has 0 aromatic heterocycles. The highest BCUT2D eigenvalue weighted by Crippen LogP contribution is 2.29. The van der Waals surface area contributed by atoms with Crippen LogP contribution in [0.15, 0.2) is 42.5 Å². The summed E-state index contributed by atoms with van der Waals surface area (Å²) in [5, 5.41) is 0. The van der Waals surface area contributed by atoms with Gasteiger partial charge in [0, 0.05) is 11.6 Å². The first kappa shape index (κ1) is 13.6. The number of hydrogen-bond acceptors (Lipinski definition) is 2. The molecule has 0 amide bonds. The summed E-state index contributed by atoms with van der Waals surface area (Å²) < 4.78 is 19.1. The van der Waals surface area contributed by atoms with E-state index in [2.05, 4.69) is 0 Å². The van der Waals surface area contributed by atoms with E-state index in [1.54, 1.807) is 12.1 Å². The van der Waals surface area contributed by atoms with Gasteiger partial charge >= 0.3 is 0 Å². The van der Waals surface area contributed by atoms with Crippen LogP contribution in [-0.4, -0.2) is 7.11 Å². The predicted molar refractivity (Wildman–Crippen MR) is 74.8 cm³/mol. The van der Waals surface area contributed by atoms with Crippen LogP contribution in [-0.2, 0) is 6.42 Å². The first-order valence-electron chi connectivity index (χ1n) is 6.26. The van der Waals surface area contributed by atoms with Crippen LogP contribution < -0.4 is 10.5 Å². The van der Waals surface area contributed by atoms with Crippen LogP contribution in [0.3, 0.4) is 0 Å². The molecular formula is C16H18FNO. The standard InChI is InChI=1S/C16H18FNO/c1-11-6-3-4-7-12(11)10-14(18)16-13(17)8-5-9-15(16)19-2/h3-9,14H,10,18H2,1-2H3. The van der Waals surface area contributed by atoms with Crippen molar-refractivity contribution in [3.63, 3.8) is 0 Å². The number of hydrogen-bond donors (Lipinski definition) is 1. The Morgan fingerprint density at radius 2 is 1.89 bits per heavy atom. The molecule has 0 aliphatic heterocycles. The van der Waals surface area contributed by atoms with E-state index in [1.165, 1.54) is 13.2 Å². The minimum absolute atomic E-state index is 0.319. The molecule has 3 heteroatoms. The minimum atomic E-state index is -0.419. The van der Waals surface area contributed by atoms with E-state index in [1.807, 2.05) is 31.2 Å². The van der Waals surface area contributed by atoms with Crippen molar-refractivity contribution >= 4 is 0 Å². The summed E-state index contributed by atoms with van der Waals surface area (Å²) in [7, 11) is 1.53. The molecule has 0 heterocycles. The summed E-state index contributed by atoms with van der Waals surface area (Å²) in [6.45, 7) is 2.03. The molecule has 1 unspecified atom stereocenters. The Hall–Kier alpha value is -1.87. The SMILES string of the molecule is COc1cccc(F)c1C(N)Cc1ccccc1C. The van der Waals surface area contributed by atoms with E-state index >= 15 is 0 Å². The summed E-state index contributed by atoms with van der Waals surface area (Å²) in [4.78, 5) is 0. The first-order chi connectivity index (χ1) is 9.13. The Morgan fingerprint density at radius 3 is 2.58 bits per heavy atom. The summed E-state index contributed by atoms with van der Waals surface area (Å²) in [6.07, 6.45) is 0.587. The molecule has 100 valence electrons. The molecule has 2 N–H and O–H groups in total. The van der Waals surface area contributed by atoms with Crippen LogP contribution in [0.2, 0.25) is 0 Å². The maximum atomic E-state index is 13.9. The highest BCUT2D eigenvalue weighted by atomic mass is 19.1. The molecule has 0 spiro atoms. The topological polar surface area (TPSA) is 35.2 Å². The third kappa shape index (κ3) is 2.93. The molecular weight excluding hydrogens is 241 g/mol. The maximum absolute atomic E-state index is 13.9. The minimum Gasteiger partial charge on any atom is -0.496 e. The number of aryl methyl sites for hydroxylation is 1. The smallest absolute Gasteiger partial charge is 0.131 e. The number of benzene rings is 2. The molecule has 2 aromatic rings. The summed E-state index contributed by atoms with van der Waals surface area (Å²) >= 11 is 0. The van der Waals surface area contributed by atoms with E-state index in [-0.39, 0.29) is 5.82 Å². The van der Waals surface area contributed by atoms with Crippen LogP contribution in [0.5, 0.6) is 5.75 Å². The van der Waals surface area contributed by atoms with E-state index in [0.29, 0.717) is 17.7 Å². The number of nitrogens with two attached hydrogens (primary N) is 1. The summed E-state index contributed by atoms with van der Waals surface area (Å²) in [6, 6.07) is 12.3. The predicted octanol–water partition coefficient (Wildman–Crippen LogP) is 3.39. The largest absolute Gasteiger partial charge is 0.496 e. The molecule has 0 radical (unpaired) electrons. The lowest BCUT2D eigenvalue weighted by Gasteiger charge is -2.17. The third-order valence-corrected chi connectivity index (χ3v) is 3.30. The highest BCUT2D eigenvalue weighted by Gasteiger charge is 2.17. The Bertz CT molecular complexity index is 568. The molecule has 0 fully saturated rings. The lowest BCUT2D eigenvalue weighted by Crippen LogP contribution is -2.16. The first-order valence-corrected chi connectivity index (χ1v) is 6.26. The Kier molecular flexibility index (Phi) is 4.17. The van der Waals surface area contributed by atoms with Crippen molar-refractivity contribution < 1.29 is 9.13 Å². The average molecular weight is 259 g/mol. The number of ether oxygens (including phenoxy) is 1. The fraction of sp³-hybridized carbons (Fsp3) is 0.250. The zero-order chi connectivity index (χ0) is 13.8. The quantitative estimate of drug-likeness (QED) is 0.913. The van der Waals surface area contributed by atoms with Crippen LogP contribution in [0.1, 0.15) is 22.7 Å². The normalized spacial score (nSPS) is 12.2. The van der Waals surface area contributed by atoms with E-state index in [0.717, 1.165) is 11.1 Å². The van der Waals surface area contributed by atoms with Gasteiger partial charge in [0.05, 0.1) is 7.11 Å². The highest BCUT2D eigenvalue weighted by molar-refractivity contribution is 5.38. The van der Waals surface area contributed by atoms with E-state index in [9.17, 15) is 4.39 Å². The Balaban J connectivity index is 2.30. The van der Waals surface area contributed by atoms with Gasteiger partial charge < -0.3 is 10.5 Å². The fourth-order valence-corrected chi connectivity index (χ4v) is 2.23. The van der Waals surface area contributed by atoms with Crippen LogP contribution >= 0.6 is 0 Å². The van der Waals surface area contributed by atoms with Gasteiger partial charge in [0.1, 0.15) is 11.6 Å². The second-order valence-electron chi connectivity index (χ2n) is 4.59. The second-order valence-corrected chi connectivity index (χ2v) is 4.59. The van der Waals surface area contributed by atoms with Crippen molar-refractivity contribution in [2.24, 2.45) is 5.73 Å². The zero-order valence-corrected chi connectivity index (χ0v) is 11.2. The van der Waals surface area contributed by atoms with E-state index < -0.39 is 6.04 Å². The Labute approximate surface area is 113 Å². The van der Waals surface area contributed by atoms with E-state index in [4.69, 9.17) is 10.5 Å². The third-order valence-electron chi connectivity index (χ3n) is 3.30. The summed E-state index contributed by atoms with van der Waals surface area (Å²) in [5.41, 5.74) is 8.88. The van der Waals surface area contributed by atoms with Gasteiger partial charge in [-0.05, 0) is 36.6 Å². The monoisotopic (exact) mass is 259 g/mol. The lowest BCUT2D eigenvalue weighted by atomic mass is 9.96. The summed E-state index contributed by atoms with van der Waals surface area (Å²) in [5.74, 6) is 0.182. The molecule has 2 rings (SSSR count).